The van der Waals surface area contributed by atoms with E-state index in [1.54, 1.807) is 0 Å². The largest absolute Gasteiger partial charge is 0.389 e. The molecule has 126 valence electrons. The highest BCUT2D eigenvalue weighted by molar-refractivity contribution is 5.87. The van der Waals surface area contributed by atoms with Crippen LogP contribution in [0.25, 0.3) is 0 Å². The van der Waals surface area contributed by atoms with E-state index in [1.807, 2.05) is 12.2 Å². The Morgan fingerprint density at radius 2 is 1.96 bits per heavy atom. The summed E-state index contributed by atoms with van der Waals surface area (Å²) in [5.41, 5.74) is 7.08. The van der Waals surface area contributed by atoms with Crippen LogP contribution in [0.1, 0.15) is 39.5 Å². The first-order valence-corrected chi connectivity index (χ1v) is 8.82. The molecule has 0 unspecified atom stereocenters. The molecule has 0 radical (unpaired) electrons. The van der Waals surface area contributed by atoms with Gasteiger partial charge in [-0.2, -0.15) is 0 Å². The van der Waals surface area contributed by atoms with Crippen LogP contribution in [0.3, 0.4) is 0 Å². The lowest BCUT2D eigenvalue weighted by Gasteiger charge is -2.57. The molecule has 4 rings (SSSR count). The minimum absolute atomic E-state index is 0.0832. The monoisotopic (exact) mass is 317 g/mol. The molecule has 4 aliphatic rings. The Kier molecular flexibility index (Phi) is 3.23. The van der Waals surface area contributed by atoms with E-state index in [0.29, 0.717) is 18.8 Å². The molecular weight excluding hydrogens is 290 g/mol. The van der Waals surface area contributed by atoms with Crippen LogP contribution in [0.5, 0.6) is 0 Å². The van der Waals surface area contributed by atoms with Crippen LogP contribution in [0.15, 0.2) is 23.8 Å². The number of fused-ring (bicyclic) bond motifs is 5. The van der Waals surface area contributed by atoms with Crippen molar-refractivity contribution in [3.63, 3.8) is 0 Å². The van der Waals surface area contributed by atoms with Crippen LogP contribution in [-0.4, -0.2) is 34.2 Å². The second-order valence-electron chi connectivity index (χ2n) is 8.58. The number of hydrogen-bond donors (Lipinski definition) is 3. The summed E-state index contributed by atoms with van der Waals surface area (Å²) in [6.45, 7) is 4.36. The van der Waals surface area contributed by atoms with Crippen LogP contribution in [0.4, 0.5) is 0 Å². The maximum absolute atomic E-state index is 12.3. The number of nitrogens with two attached hydrogens (primary N) is 1. The van der Waals surface area contributed by atoms with E-state index in [2.05, 4.69) is 19.9 Å². The number of ketones is 1. The highest BCUT2D eigenvalue weighted by Crippen LogP contribution is 2.62. The molecule has 0 spiro atoms. The third-order valence-corrected chi connectivity index (χ3v) is 7.57. The van der Waals surface area contributed by atoms with Gasteiger partial charge in [0, 0.05) is 11.8 Å². The molecule has 4 aliphatic carbocycles. The average molecular weight is 317 g/mol. The van der Waals surface area contributed by atoms with Crippen molar-refractivity contribution in [3.05, 3.63) is 23.8 Å². The number of carbonyl (C=O) groups excluding carboxylic acids is 1. The molecule has 23 heavy (non-hydrogen) atoms. The molecule has 4 N–H and O–H groups in total. The van der Waals surface area contributed by atoms with E-state index in [4.69, 9.17) is 5.73 Å². The molecule has 0 aromatic rings. The van der Waals surface area contributed by atoms with Crippen molar-refractivity contribution in [2.24, 2.45) is 34.3 Å². The molecule has 0 aliphatic heterocycles. The summed E-state index contributed by atoms with van der Waals surface area (Å²) in [7, 11) is 0. The van der Waals surface area contributed by atoms with Crippen molar-refractivity contribution < 1.29 is 15.0 Å². The van der Waals surface area contributed by atoms with Gasteiger partial charge in [-0.25, -0.2) is 0 Å². The molecule has 4 heteroatoms. The van der Waals surface area contributed by atoms with E-state index in [1.165, 1.54) is 0 Å². The zero-order valence-electron chi connectivity index (χ0n) is 13.9. The second kappa shape index (κ2) is 4.78. The fourth-order valence-corrected chi connectivity index (χ4v) is 6.06. The van der Waals surface area contributed by atoms with Crippen molar-refractivity contribution in [1.29, 1.82) is 0 Å². The predicted octanol–water partition coefficient (Wildman–Crippen LogP) is 1.56. The zero-order valence-corrected chi connectivity index (χ0v) is 13.9. The van der Waals surface area contributed by atoms with Gasteiger partial charge in [0.2, 0.25) is 0 Å². The third-order valence-electron chi connectivity index (χ3n) is 7.57. The lowest BCUT2D eigenvalue weighted by Crippen LogP contribution is -2.55. The maximum Gasteiger partial charge on any atom is 0.150 e. The summed E-state index contributed by atoms with van der Waals surface area (Å²) in [5.74, 6) is 0.714. The number of rotatable bonds is 0. The summed E-state index contributed by atoms with van der Waals surface area (Å²) in [4.78, 5) is 12.3. The molecule has 4 nitrogen and oxygen atoms in total. The number of Topliss-reactive ketones (excluding diaryl/α,β-unsaturated/α-hetero) is 1. The van der Waals surface area contributed by atoms with Gasteiger partial charge in [0.05, 0.1) is 18.2 Å². The van der Waals surface area contributed by atoms with Gasteiger partial charge in [0.15, 0.2) is 0 Å². The van der Waals surface area contributed by atoms with Crippen molar-refractivity contribution in [1.82, 2.24) is 0 Å². The smallest absolute Gasteiger partial charge is 0.150 e. The van der Waals surface area contributed by atoms with Crippen LogP contribution in [0.2, 0.25) is 0 Å². The minimum atomic E-state index is -0.538. The van der Waals surface area contributed by atoms with Crippen LogP contribution in [-0.2, 0) is 4.79 Å². The first-order chi connectivity index (χ1) is 10.8. The van der Waals surface area contributed by atoms with Crippen molar-refractivity contribution >= 4 is 5.78 Å². The summed E-state index contributed by atoms with van der Waals surface area (Å²) in [6, 6.07) is -0.387. The summed E-state index contributed by atoms with van der Waals surface area (Å²) < 4.78 is 0. The Morgan fingerprint density at radius 1 is 1.22 bits per heavy atom. The molecule has 0 heterocycles. The first-order valence-electron chi connectivity index (χ1n) is 8.82. The van der Waals surface area contributed by atoms with E-state index >= 15 is 0 Å². The number of aliphatic hydroxyl groups is 2. The molecule has 2 fully saturated rings. The molecule has 8 atom stereocenters. The first kappa shape index (κ1) is 15.6. The standard InChI is InChI=1S/C19H27NO3/c1-18-5-3-11(21)7-10(18)8-14(22)16-12(18)4-6-19(2)13(16)9-15(23)17(19)20/h3,5,8,11-14,16-17,21-22H,4,6-7,9,20H2,1-2H3/t11-,12-,13-,14-,16+,17-,18-,19-/m0/s1. The zero-order chi connectivity index (χ0) is 16.6. The number of hydrogen-bond acceptors (Lipinski definition) is 4. The van der Waals surface area contributed by atoms with Gasteiger partial charge >= 0.3 is 0 Å². The number of allylic oxidation sites excluding steroid dienone is 1. The Morgan fingerprint density at radius 3 is 2.70 bits per heavy atom. The Labute approximate surface area is 137 Å². The summed E-state index contributed by atoms with van der Waals surface area (Å²) in [6.07, 6.45) is 8.02. The summed E-state index contributed by atoms with van der Waals surface area (Å²) >= 11 is 0. The number of aliphatic hydroxyl groups excluding tert-OH is 2. The fourth-order valence-electron chi connectivity index (χ4n) is 6.06. The Hall–Kier alpha value is -0.970. The molecule has 0 aromatic heterocycles. The van der Waals surface area contributed by atoms with E-state index < -0.39 is 12.2 Å². The molecule has 0 amide bonds. The molecule has 0 aromatic carbocycles. The minimum Gasteiger partial charge on any atom is -0.389 e. The van der Waals surface area contributed by atoms with Gasteiger partial charge in [-0.15, -0.1) is 0 Å². The average Bonchev–Trinajstić information content (AvgIpc) is 2.73. The lowest BCUT2D eigenvalue weighted by atomic mass is 9.48. The molecule has 0 saturated heterocycles. The third kappa shape index (κ3) is 1.92. The van der Waals surface area contributed by atoms with E-state index in [0.717, 1.165) is 18.4 Å². The highest BCUT2D eigenvalue weighted by atomic mass is 16.3. The van der Waals surface area contributed by atoms with Gasteiger partial charge in [-0.05, 0) is 42.4 Å². The van der Waals surface area contributed by atoms with E-state index in [-0.39, 0.29) is 34.5 Å². The van der Waals surface area contributed by atoms with E-state index in [9.17, 15) is 15.0 Å². The van der Waals surface area contributed by atoms with Gasteiger partial charge in [-0.3, -0.25) is 4.79 Å². The Bertz CT molecular complexity index is 612. The van der Waals surface area contributed by atoms with Crippen molar-refractivity contribution in [3.8, 4) is 0 Å². The predicted molar refractivity (Wildman–Crippen MR) is 87.4 cm³/mol. The number of carbonyl (C=O) groups is 1. The lowest BCUT2D eigenvalue weighted by molar-refractivity contribution is -0.119. The van der Waals surface area contributed by atoms with Gasteiger partial charge in [0.25, 0.3) is 0 Å². The molecular formula is C19H27NO3. The molecule has 2 saturated carbocycles. The highest BCUT2D eigenvalue weighted by Gasteiger charge is 2.61. The van der Waals surface area contributed by atoms with Gasteiger partial charge in [0.1, 0.15) is 5.78 Å². The quantitative estimate of drug-likeness (QED) is 0.592. The van der Waals surface area contributed by atoms with Gasteiger partial charge < -0.3 is 15.9 Å². The second-order valence-corrected chi connectivity index (χ2v) is 8.58. The fraction of sp³-hybridized carbons (Fsp3) is 0.737. The summed E-state index contributed by atoms with van der Waals surface area (Å²) in [5, 5.41) is 20.8. The van der Waals surface area contributed by atoms with Crippen LogP contribution in [0, 0.1) is 28.6 Å². The van der Waals surface area contributed by atoms with Gasteiger partial charge in [-0.1, -0.05) is 37.6 Å². The molecule has 0 bridgehead atoms. The normalized spacial score (nSPS) is 55.0. The van der Waals surface area contributed by atoms with Crippen LogP contribution >= 0.6 is 0 Å². The van der Waals surface area contributed by atoms with Crippen molar-refractivity contribution in [2.75, 3.05) is 0 Å². The van der Waals surface area contributed by atoms with Crippen molar-refractivity contribution in [2.45, 2.75) is 57.8 Å². The maximum atomic E-state index is 12.3. The topological polar surface area (TPSA) is 83.5 Å². The van der Waals surface area contributed by atoms with Crippen LogP contribution < -0.4 is 5.73 Å². The SMILES string of the molecule is C[C@]12CC[C@H]3[C@@H]([C@@H](O)C=C4C[C@@H](O)C=C[C@@]43C)[C@@H]1CC(=O)[C@@H]2N. The Balaban J connectivity index is 1.78.